The zero-order valence-corrected chi connectivity index (χ0v) is 10.5. The van der Waals surface area contributed by atoms with Crippen molar-refractivity contribution in [1.82, 2.24) is 5.32 Å². The molecule has 1 aliphatic rings. The third-order valence-electron chi connectivity index (χ3n) is 2.18. The van der Waals surface area contributed by atoms with Gasteiger partial charge in [0.25, 0.3) is 5.91 Å². The van der Waals surface area contributed by atoms with Crippen molar-refractivity contribution in [2.24, 2.45) is 0 Å². The van der Waals surface area contributed by atoms with Gasteiger partial charge in [0, 0.05) is 0 Å². The maximum absolute atomic E-state index is 11.4. The van der Waals surface area contributed by atoms with E-state index >= 15 is 0 Å². The van der Waals surface area contributed by atoms with E-state index in [1.165, 1.54) is 0 Å². The van der Waals surface area contributed by atoms with Crippen LogP contribution in [0.15, 0.2) is 29.2 Å². The molecule has 3 N–H and O–H groups in total. The topological polar surface area (TPSA) is 99.5 Å². The number of aliphatic carboxylic acids is 1. The van der Waals surface area contributed by atoms with Gasteiger partial charge in [-0.15, -0.1) is 0 Å². The van der Waals surface area contributed by atoms with Gasteiger partial charge in [0.15, 0.2) is 11.8 Å². The Bertz CT molecular complexity index is 583. The molecule has 1 fully saturated rings. The summed E-state index contributed by atoms with van der Waals surface area (Å²) >= 11 is 1.04. The number of amides is 1. The van der Waals surface area contributed by atoms with Gasteiger partial charge >= 0.3 is 5.97 Å². The Morgan fingerprint density at radius 1 is 1.53 bits per heavy atom. The predicted octanol–water partition coefficient (Wildman–Crippen LogP) is 1.29. The van der Waals surface area contributed by atoms with Crippen molar-refractivity contribution < 1.29 is 19.4 Å². The summed E-state index contributed by atoms with van der Waals surface area (Å²) in [4.78, 5) is 22.3. The fourth-order valence-electron chi connectivity index (χ4n) is 1.43. The SMILES string of the molecule is N=C1NC(=O)/C(=C/c2cccc(OCC(=O)O)c2)S1. The minimum Gasteiger partial charge on any atom is -0.482 e. The molecule has 19 heavy (non-hydrogen) atoms. The lowest BCUT2D eigenvalue weighted by Crippen LogP contribution is -2.18. The highest BCUT2D eigenvalue weighted by atomic mass is 32.2. The van der Waals surface area contributed by atoms with Crippen LogP contribution in [-0.4, -0.2) is 28.8 Å². The van der Waals surface area contributed by atoms with Gasteiger partial charge in [-0.05, 0) is 35.5 Å². The summed E-state index contributed by atoms with van der Waals surface area (Å²) in [6.07, 6.45) is 1.62. The molecule has 1 aromatic rings. The van der Waals surface area contributed by atoms with E-state index in [0.29, 0.717) is 16.2 Å². The number of thioether (sulfide) groups is 1. The van der Waals surface area contributed by atoms with Gasteiger partial charge in [0.05, 0.1) is 4.91 Å². The predicted molar refractivity (Wildman–Crippen MR) is 71.0 cm³/mol. The number of hydrogen-bond acceptors (Lipinski definition) is 5. The number of ether oxygens (including phenoxy) is 1. The van der Waals surface area contributed by atoms with E-state index in [1.54, 1.807) is 30.3 Å². The number of carboxylic acid groups (broad SMARTS) is 1. The highest BCUT2D eigenvalue weighted by Gasteiger charge is 2.22. The first-order valence-corrected chi connectivity index (χ1v) is 6.10. The van der Waals surface area contributed by atoms with Crippen LogP contribution in [0.2, 0.25) is 0 Å². The molecular weight excluding hydrogens is 268 g/mol. The van der Waals surface area contributed by atoms with Gasteiger partial charge in [-0.2, -0.15) is 0 Å². The quantitative estimate of drug-likeness (QED) is 0.721. The largest absolute Gasteiger partial charge is 0.482 e. The summed E-state index contributed by atoms with van der Waals surface area (Å²) in [6, 6.07) is 6.73. The average molecular weight is 278 g/mol. The Labute approximate surface area is 113 Å². The molecule has 1 amide bonds. The van der Waals surface area contributed by atoms with Crippen LogP contribution in [0.3, 0.4) is 0 Å². The zero-order valence-electron chi connectivity index (χ0n) is 9.67. The normalized spacial score (nSPS) is 16.5. The molecular formula is C12H10N2O4S. The zero-order chi connectivity index (χ0) is 13.8. The maximum Gasteiger partial charge on any atom is 0.341 e. The van der Waals surface area contributed by atoms with Crippen molar-refractivity contribution in [2.45, 2.75) is 0 Å². The summed E-state index contributed by atoms with van der Waals surface area (Å²) in [5, 5.41) is 18.3. The monoisotopic (exact) mass is 278 g/mol. The highest BCUT2D eigenvalue weighted by Crippen LogP contribution is 2.26. The molecule has 1 aliphatic heterocycles. The van der Waals surface area contributed by atoms with E-state index in [1.807, 2.05) is 0 Å². The van der Waals surface area contributed by atoms with Crippen molar-refractivity contribution in [2.75, 3.05) is 6.61 Å². The number of benzene rings is 1. The number of hydrogen-bond donors (Lipinski definition) is 3. The van der Waals surface area contributed by atoms with Crippen LogP contribution in [0, 0.1) is 5.41 Å². The number of rotatable bonds is 4. The van der Waals surface area contributed by atoms with Crippen LogP contribution in [0.25, 0.3) is 6.08 Å². The lowest BCUT2D eigenvalue weighted by Gasteiger charge is -2.03. The van der Waals surface area contributed by atoms with Gasteiger partial charge in [-0.3, -0.25) is 10.2 Å². The smallest absolute Gasteiger partial charge is 0.341 e. The minimum absolute atomic E-state index is 0.0922. The van der Waals surface area contributed by atoms with E-state index in [2.05, 4.69) is 5.32 Å². The lowest BCUT2D eigenvalue weighted by atomic mass is 10.2. The van der Waals surface area contributed by atoms with Crippen LogP contribution < -0.4 is 10.1 Å². The molecule has 0 saturated carbocycles. The summed E-state index contributed by atoms with van der Waals surface area (Å²) in [5.74, 6) is -0.954. The Morgan fingerprint density at radius 2 is 2.32 bits per heavy atom. The number of amidine groups is 1. The molecule has 98 valence electrons. The summed E-state index contributed by atoms with van der Waals surface area (Å²) < 4.78 is 5.04. The van der Waals surface area contributed by atoms with Crippen molar-refractivity contribution in [3.63, 3.8) is 0 Å². The van der Waals surface area contributed by atoms with Crippen molar-refractivity contribution in [1.29, 1.82) is 5.41 Å². The van der Waals surface area contributed by atoms with E-state index in [4.69, 9.17) is 15.3 Å². The average Bonchev–Trinajstić information content (AvgIpc) is 2.66. The third kappa shape index (κ3) is 3.59. The molecule has 0 aromatic heterocycles. The highest BCUT2D eigenvalue weighted by molar-refractivity contribution is 8.18. The van der Waals surface area contributed by atoms with E-state index < -0.39 is 12.6 Å². The Balaban J connectivity index is 2.15. The first-order chi connectivity index (χ1) is 9.04. The molecule has 1 saturated heterocycles. The molecule has 0 bridgehead atoms. The fraction of sp³-hybridized carbons (Fsp3) is 0.0833. The van der Waals surface area contributed by atoms with E-state index in [9.17, 15) is 9.59 Å². The van der Waals surface area contributed by atoms with Crippen LogP contribution in [0.5, 0.6) is 5.75 Å². The molecule has 0 aliphatic carbocycles. The fourth-order valence-corrected chi connectivity index (χ4v) is 2.13. The van der Waals surface area contributed by atoms with Crippen LogP contribution >= 0.6 is 11.8 Å². The summed E-state index contributed by atoms with van der Waals surface area (Å²) in [5.41, 5.74) is 0.704. The molecule has 1 heterocycles. The molecule has 2 rings (SSSR count). The third-order valence-corrected chi connectivity index (χ3v) is 3.01. The maximum atomic E-state index is 11.4. The molecule has 0 unspecified atom stereocenters. The van der Waals surface area contributed by atoms with Gasteiger partial charge in [0.1, 0.15) is 5.75 Å². The summed E-state index contributed by atoms with van der Waals surface area (Å²) in [6.45, 7) is -0.417. The van der Waals surface area contributed by atoms with Crippen molar-refractivity contribution >= 4 is 34.9 Å². The number of nitrogens with one attached hydrogen (secondary N) is 2. The van der Waals surface area contributed by atoms with Crippen molar-refractivity contribution in [3.05, 3.63) is 34.7 Å². The second-order valence-electron chi connectivity index (χ2n) is 3.65. The minimum atomic E-state index is -1.05. The standard InChI is InChI=1S/C12H10N2O4S/c13-12-14-11(17)9(19-12)5-7-2-1-3-8(4-7)18-6-10(15)16/h1-5H,6H2,(H,15,16)(H2,13,14,17)/b9-5-. The lowest BCUT2D eigenvalue weighted by molar-refractivity contribution is -0.139. The Kier molecular flexibility index (Phi) is 3.86. The van der Waals surface area contributed by atoms with Crippen LogP contribution in [0.1, 0.15) is 5.56 Å². The molecule has 0 atom stereocenters. The van der Waals surface area contributed by atoms with Crippen molar-refractivity contribution in [3.8, 4) is 5.75 Å². The first-order valence-electron chi connectivity index (χ1n) is 5.29. The Hall–Kier alpha value is -2.28. The molecule has 7 heteroatoms. The van der Waals surface area contributed by atoms with Gasteiger partial charge < -0.3 is 15.2 Å². The van der Waals surface area contributed by atoms with Gasteiger partial charge in [-0.25, -0.2) is 4.79 Å². The number of carbonyl (C=O) groups is 2. The number of carbonyl (C=O) groups excluding carboxylic acids is 1. The number of carboxylic acids is 1. The van der Waals surface area contributed by atoms with Gasteiger partial charge in [-0.1, -0.05) is 12.1 Å². The molecule has 0 spiro atoms. The molecule has 6 nitrogen and oxygen atoms in total. The Morgan fingerprint density at radius 3 is 2.95 bits per heavy atom. The second kappa shape index (κ2) is 5.57. The first kappa shape index (κ1) is 13.2. The van der Waals surface area contributed by atoms with Crippen LogP contribution in [-0.2, 0) is 9.59 Å². The van der Waals surface area contributed by atoms with E-state index in [0.717, 1.165) is 11.8 Å². The van der Waals surface area contributed by atoms with Crippen LogP contribution in [0.4, 0.5) is 0 Å². The van der Waals surface area contributed by atoms with Gasteiger partial charge in [0.2, 0.25) is 0 Å². The second-order valence-corrected chi connectivity index (χ2v) is 4.70. The molecule has 0 radical (unpaired) electrons. The molecule has 1 aromatic carbocycles. The summed E-state index contributed by atoms with van der Waals surface area (Å²) in [7, 11) is 0. The van der Waals surface area contributed by atoms with E-state index in [-0.39, 0.29) is 11.1 Å².